The minimum absolute atomic E-state index is 0.226. The number of likely N-dealkylation sites (tertiary alicyclic amines) is 1. The van der Waals surface area contributed by atoms with Crippen molar-refractivity contribution in [1.29, 1.82) is 0 Å². The van der Waals surface area contributed by atoms with Gasteiger partial charge in [-0.3, -0.25) is 4.79 Å². The third kappa shape index (κ3) is 1.73. The van der Waals surface area contributed by atoms with E-state index >= 15 is 0 Å². The molecule has 2 heteroatoms. The van der Waals surface area contributed by atoms with Crippen LogP contribution in [-0.4, -0.2) is 23.4 Å². The van der Waals surface area contributed by atoms with Crippen molar-refractivity contribution in [3.05, 3.63) is 0 Å². The maximum Gasteiger partial charge on any atom is 0.219 e. The Kier molecular flexibility index (Phi) is 2.53. The molecule has 64 valence electrons. The smallest absolute Gasteiger partial charge is 0.219 e. The van der Waals surface area contributed by atoms with Gasteiger partial charge >= 0.3 is 0 Å². The summed E-state index contributed by atoms with van der Waals surface area (Å²) in [6.45, 7) is 6.99. The number of hydrogen-bond acceptors (Lipinski definition) is 1. The Labute approximate surface area is 68.6 Å². The van der Waals surface area contributed by atoms with Crippen molar-refractivity contribution in [3.8, 4) is 0 Å². The standard InChI is InChI=1S/C9H17NO/c1-7-5-4-6-10(8(7)2)9(3)11/h7-8H,4-6H2,1-3H3/t7-,8-/m1/s1. The highest BCUT2D eigenvalue weighted by molar-refractivity contribution is 5.73. The number of piperidine rings is 1. The lowest BCUT2D eigenvalue weighted by Gasteiger charge is -2.37. The van der Waals surface area contributed by atoms with Gasteiger partial charge in [-0.25, -0.2) is 0 Å². The summed E-state index contributed by atoms with van der Waals surface area (Å²) in [6, 6.07) is 0.446. The molecule has 1 heterocycles. The zero-order valence-electron chi connectivity index (χ0n) is 7.63. The molecule has 1 saturated heterocycles. The van der Waals surface area contributed by atoms with Gasteiger partial charge in [0.1, 0.15) is 0 Å². The summed E-state index contributed by atoms with van der Waals surface area (Å²) in [4.78, 5) is 13.1. The first-order valence-electron chi connectivity index (χ1n) is 4.40. The van der Waals surface area contributed by atoms with Crippen LogP contribution in [0.25, 0.3) is 0 Å². The number of carbonyl (C=O) groups excluding carboxylic acids is 1. The van der Waals surface area contributed by atoms with Crippen molar-refractivity contribution in [2.24, 2.45) is 5.92 Å². The molecule has 1 amide bonds. The van der Waals surface area contributed by atoms with E-state index in [-0.39, 0.29) is 5.91 Å². The topological polar surface area (TPSA) is 20.3 Å². The van der Waals surface area contributed by atoms with Gasteiger partial charge in [-0.2, -0.15) is 0 Å². The maximum absolute atomic E-state index is 11.1. The molecule has 0 spiro atoms. The molecule has 2 atom stereocenters. The average Bonchev–Trinajstić information content (AvgIpc) is 1.94. The van der Waals surface area contributed by atoms with Crippen LogP contribution in [-0.2, 0) is 4.79 Å². The molecule has 0 aromatic heterocycles. The maximum atomic E-state index is 11.1. The van der Waals surface area contributed by atoms with Crippen LogP contribution in [0.5, 0.6) is 0 Å². The molecular formula is C9H17NO. The van der Waals surface area contributed by atoms with Gasteiger partial charge in [-0.1, -0.05) is 6.92 Å². The van der Waals surface area contributed by atoms with Gasteiger partial charge < -0.3 is 4.90 Å². The molecule has 0 N–H and O–H groups in total. The molecular weight excluding hydrogens is 138 g/mol. The molecule has 0 aromatic rings. The fourth-order valence-electron chi connectivity index (χ4n) is 1.78. The molecule has 0 unspecified atom stereocenters. The second-order valence-electron chi connectivity index (χ2n) is 3.57. The largest absolute Gasteiger partial charge is 0.340 e. The normalized spacial score (nSPS) is 32.1. The second-order valence-corrected chi connectivity index (χ2v) is 3.57. The van der Waals surface area contributed by atoms with Gasteiger partial charge in [0.25, 0.3) is 0 Å². The van der Waals surface area contributed by atoms with Gasteiger partial charge in [0.05, 0.1) is 0 Å². The fraction of sp³-hybridized carbons (Fsp3) is 0.889. The van der Waals surface area contributed by atoms with Crippen molar-refractivity contribution in [2.45, 2.75) is 39.7 Å². The van der Waals surface area contributed by atoms with E-state index < -0.39 is 0 Å². The van der Waals surface area contributed by atoms with Crippen LogP contribution >= 0.6 is 0 Å². The van der Waals surface area contributed by atoms with Crippen molar-refractivity contribution in [2.75, 3.05) is 6.54 Å². The highest BCUT2D eigenvalue weighted by Crippen LogP contribution is 2.22. The SMILES string of the molecule is CC(=O)N1CCC[C@@H](C)[C@H]1C. The van der Waals surface area contributed by atoms with Gasteiger partial charge in [0.2, 0.25) is 5.91 Å². The lowest BCUT2D eigenvalue weighted by Crippen LogP contribution is -2.44. The van der Waals surface area contributed by atoms with E-state index in [1.165, 1.54) is 12.8 Å². The van der Waals surface area contributed by atoms with E-state index in [0.717, 1.165) is 6.54 Å². The summed E-state index contributed by atoms with van der Waals surface area (Å²) >= 11 is 0. The van der Waals surface area contributed by atoms with Crippen LogP contribution in [0.1, 0.15) is 33.6 Å². The van der Waals surface area contributed by atoms with Gasteiger partial charge in [-0.15, -0.1) is 0 Å². The Morgan fingerprint density at radius 1 is 1.45 bits per heavy atom. The molecule has 0 saturated carbocycles. The Bertz CT molecular complexity index is 156. The van der Waals surface area contributed by atoms with Crippen LogP contribution in [0.3, 0.4) is 0 Å². The van der Waals surface area contributed by atoms with Crippen LogP contribution in [0.15, 0.2) is 0 Å². The summed E-state index contributed by atoms with van der Waals surface area (Å²) in [5.74, 6) is 0.900. The van der Waals surface area contributed by atoms with E-state index in [9.17, 15) is 4.79 Å². The minimum atomic E-state index is 0.226. The molecule has 0 aromatic carbocycles. The van der Waals surface area contributed by atoms with Gasteiger partial charge in [0.15, 0.2) is 0 Å². The Morgan fingerprint density at radius 2 is 2.09 bits per heavy atom. The molecule has 1 aliphatic rings. The fourth-order valence-corrected chi connectivity index (χ4v) is 1.78. The van der Waals surface area contributed by atoms with E-state index in [0.29, 0.717) is 12.0 Å². The summed E-state index contributed by atoms with van der Waals surface area (Å²) in [5.41, 5.74) is 0. The van der Waals surface area contributed by atoms with E-state index in [4.69, 9.17) is 0 Å². The predicted octanol–water partition coefficient (Wildman–Crippen LogP) is 1.65. The monoisotopic (exact) mass is 155 g/mol. The van der Waals surface area contributed by atoms with E-state index in [2.05, 4.69) is 13.8 Å². The highest BCUT2D eigenvalue weighted by Gasteiger charge is 2.25. The Morgan fingerprint density at radius 3 is 2.55 bits per heavy atom. The number of rotatable bonds is 0. The van der Waals surface area contributed by atoms with Gasteiger partial charge in [0, 0.05) is 19.5 Å². The zero-order chi connectivity index (χ0) is 8.43. The number of amides is 1. The minimum Gasteiger partial charge on any atom is -0.340 e. The zero-order valence-corrected chi connectivity index (χ0v) is 7.63. The number of hydrogen-bond donors (Lipinski definition) is 0. The van der Waals surface area contributed by atoms with E-state index in [1.807, 2.05) is 4.90 Å². The predicted molar refractivity (Wildman–Crippen MR) is 45.2 cm³/mol. The van der Waals surface area contributed by atoms with E-state index in [1.54, 1.807) is 6.92 Å². The molecule has 0 bridgehead atoms. The van der Waals surface area contributed by atoms with Crippen LogP contribution < -0.4 is 0 Å². The molecule has 1 aliphatic heterocycles. The summed E-state index contributed by atoms with van der Waals surface area (Å²) in [5, 5.41) is 0. The first kappa shape index (κ1) is 8.57. The van der Waals surface area contributed by atoms with Crippen molar-refractivity contribution in [1.82, 2.24) is 4.90 Å². The molecule has 1 fully saturated rings. The molecule has 1 rings (SSSR count). The Hall–Kier alpha value is -0.530. The molecule has 2 nitrogen and oxygen atoms in total. The molecule has 11 heavy (non-hydrogen) atoms. The number of nitrogens with zero attached hydrogens (tertiary/aromatic N) is 1. The third-order valence-electron chi connectivity index (χ3n) is 2.78. The van der Waals surface area contributed by atoms with Crippen LogP contribution in [0.2, 0.25) is 0 Å². The third-order valence-corrected chi connectivity index (χ3v) is 2.78. The lowest BCUT2D eigenvalue weighted by molar-refractivity contribution is -0.133. The Balaban J connectivity index is 2.58. The first-order chi connectivity index (χ1) is 5.13. The average molecular weight is 155 g/mol. The first-order valence-corrected chi connectivity index (χ1v) is 4.40. The summed E-state index contributed by atoms with van der Waals surface area (Å²) in [7, 11) is 0. The van der Waals surface area contributed by atoms with Crippen molar-refractivity contribution >= 4 is 5.91 Å². The second kappa shape index (κ2) is 3.24. The number of carbonyl (C=O) groups is 1. The van der Waals surface area contributed by atoms with Crippen LogP contribution in [0.4, 0.5) is 0 Å². The molecule has 0 aliphatic carbocycles. The van der Waals surface area contributed by atoms with Gasteiger partial charge in [-0.05, 0) is 25.7 Å². The highest BCUT2D eigenvalue weighted by atomic mass is 16.2. The molecule has 0 radical (unpaired) electrons. The van der Waals surface area contributed by atoms with Crippen molar-refractivity contribution < 1.29 is 4.79 Å². The van der Waals surface area contributed by atoms with Crippen molar-refractivity contribution in [3.63, 3.8) is 0 Å². The van der Waals surface area contributed by atoms with Crippen LogP contribution in [0, 0.1) is 5.92 Å². The summed E-state index contributed by atoms with van der Waals surface area (Å²) < 4.78 is 0. The quantitative estimate of drug-likeness (QED) is 0.521. The lowest BCUT2D eigenvalue weighted by atomic mass is 9.92. The summed E-state index contributed by atoms with van der Waals surface area (Å²) in [6.07, 6.45) is 2.44.